The average molecular weight is 568 g/mol. The number of rotatable bonds is 8. The molecule has 0 radical (unpaired) electrons. The Morgan fingerprint density at radius 2 is 1.83 bits per heavy atom. The molecule has 2 heterocycles. The number of nitrogens with one attached hydrogen (secondary N) is 3. The number of methoxy groups -OCH3 is 1. The van der Waals surface area contributed by atoms with Gasteiger partial charge in [-0.2, -0.15) is 13.2 Å². The maximum atomic E-state index is 13.0. The molecular formula is C21H16Cl3F3N4O3S. The third-order valence-corrected chi connectivity index (χ3v) is 6.40. The number of carbonyl (C=O) groups is 2. The lowest BCUT2D eigenvalue weighted by Gasteiger charge is -2.15. The van der Waals surface area contributed by atoms with E-state index in [9.17, 15) is 22.8 Å². The van der Waals surface area contributed by atoms with E-state index in [1.54, 1.807) is 0 Å². The number of amides is 2. The first-order valence-corrected chi connectivity index (χ1v) is 11.6. The van der Waals surface area contributed by atoms with Crippen molar-refractivity contribution in [2.45, 2.75) is 12.7 Å². The molecule has 0 saturated carbocycles. The molecule has 2 amide bonds. The van der Waals surface area contributed by atoms with Gasteiger partial charge in [0.05, 0.1) is 35.0 Å². The zero-order valence-electron chi connectivity index (χ0n) is 17.7. The third-order valence-electron chi connectivity index (χ3n) is 4.39. The number of ether oxygens (including phenoxy) is 1. The van der Waals surface area contributed by atoms with Crippen molar-refractivity contribution in [1.82, 2.24) is 10.3 Å². The van der Waals surface area contributed by atoms with Gasteiger partial charge in [0, 0.05) is 23.8 Å². The first kappa shape index (κ1) is 27.0. The van der Waals surface area contributed by atoms with Crippen LogP contribution in [-0.2, 0) is 6.54 Å². The van der Waals surface area contributed by atoms with E-state index in [1.165, 1.54) is 43.0 Å². The fourth-order valence-electron chi connectivity index (χ4n) is 2.85. The van der Waals surface area contributed by atoms with Crippen LogP contribution in [0.25, 0.3) is 0 Å². The molecule has 3 aromatic rings. The average Bonchev–Trinajstić information content (AvgIpc) is 3.15. The number of halogens is 6. The maximum Gasteiger partial charge on any atom is 0.401 e. The molecule has 7 nitrogen and oxygen atoms in total. The summed E-state index contributed by atoms with van der Waals surface area (Å²) in [6.07, 6.45) is -3.04. The number of alkyl halides is 3. The highest BCUT2D eigenvalue weighted by molar-refractivity contribution is 7.13. The van der Waals surface area contributed by atoms with Crippen LogP contribution in [0.3, 0.4) is 0 Å². The highest BCUT2D eigenvalue weighted by atomic mass is 35.5. The van der Waals surface area contributed by atoms with Crippen molar-refractivity contribution < 1.29 is 27.5 Å². The van der Waals surface area contributed by atoms with Gasteiger partial charge in [-0.15, -0.1) is 11.3 Å². The molecule has 0 aliphatic rings. The molecule has 3 N–H and O–H groups in total. The molecule has 3 rings (SSSR count). The van der Waals surface area contributed by atoms with E-state index in [0.717, 1.165) is 11.3 Å². The van der Waals surface area contributed by atoms with Gasteiger partial charge in [-0.3, -0.25) is 9.59 Å². The number of nitrogens with zero attached hydrogens (tertiary/aromatic N) is 1. The number of anilines is 2. The smallest absolute Gasteiger partial charge is 0.401 e. The fourth-order valence-corrected chi connectivity index (χ4v) is 4.42. The van der Waals surface area contributed by atoms with Gasteiger partial charge in [0.2, 0.25) is 0 Å². The van der Waals surface area contributed by atoms with Crippen molar-refractivity contribution in [3.05, 3.63) is 66.9 Å². The summed E-state index contributed by atoms with van der Waals surface area (Å²) in [7, 11) is 1.33. The van der Waals surface area contributed by atoms with Crippen LogP contribution in [0, 0.1) is 0 Å². The summed E-state index contributed by atoms with van der Waals surface area (Å²) < 4.78 is 42.4. The lowest BCUT2D eigenvalue weighted by Crippen LogP contribution is -2.28. The zero-order valence-corrected chi connectivity index (χ0v) is 20.8. The van der Waals surface area contributed by atoms with Gasteiger partial charge < -0.3 is 20.7 Å². The quantitative estimate of drug-likeness (QED) is 0.298. The molecule has 0 spiro atoms. The van der Waals surface area contributed by atoms with Crippen molar-refractivity contribution in [3.8, 4) is 5.75 Å². The summed E-state index contributed by atoms with van der Waals surface area (Å²) >= 11 is 19.1. The Kier molecular flexibility index (Phi) is 8.84. The number of hydrogen-bond donors (Lipinski definition) is 3. The fraction of sp³-hybridized carbons (Fsp3) is 0.190. The molecule has 0 unspecified atom stereocenters. The van der Waals surface area contributed by atoms with E-state index >= 15 is 0 Å². The predicted molar refractivity (Wildman–Crippen MR) is 130 cm³/mol. The van der Waals surface area contributed by atoms with Gasteiger partial charge in [0.15, 0.2) is 0 Å². The van der Waals surface area contributed by atoms with E-state index in [0.29, 0.717) is 10.6 Å². The summed E-state index contributed by atoms with van der Waals surface area (Å²) in [4.78, 5) is 30.0. The highest BCUT2D eigenvalue weighted by Crippen LogP contribution is 2.35. The predicted octanol–water partition coefficient (Wildman–Crippen LogP) is 6.27. The van der Waals surface area contributed by atoms with Crippen LogP contribution in [0.4, 0.5) is 24.7 Å². The number of carbonyl (C=O) groups excluding carboxylic acids is 2. The van der Waals surface area contributed by atoms with Gasteiger partial charge >= 0.3 is 6.18 Å². The molecule has 0 bridgehead atoms. The normalized spacial score (nSPS) is 11.3. The zero-order chi connectivity index (χ0) is 25.8. The molecule has 1 aromatic carbocycles. The molecule has 186 valence electrons. The maximum absolute atomic E-state index is 13.0. The topological polar surface area (TPSA) is 92.3 Å². The Morgan fingerprint density at radius 3 is 2.46 bits per heavy atom. The van der Waals surface area contributed by atoms with E-state index < -0.39 is 24.5 Å². The molecule has 0 saturated heterocycles. The van der Waals surface area contributed by atoms with Crippen LogP contribution in [0.1, 0.15) is 25.6 Å². The van der Waals surface area contributed by atoms with Crippen molar-refractivity contribution in [2.24, 2.45) is 0 Å². The first-order valence-electron chi connectivity index (χ1n) is 9.63. The molecule has 2 aromatic heterocycles. The Hall–Kier alpha value is -2.57. The van der Waals surface area contributed by atoms with Crippen molar-refractivity contribution in [1.29, 1.82) is 0 Å². The number of hydrogen-bond acceptors (Lipinski definition) is 6. The molecular weight excluding hydrogens is 552 g/mol. The monoisotopic (exact) mass is 566 g/mol. The largest absolute Gasteiger partial charge is 0.494 e. The Labute approximate surface area is 216 Å². The van der Waals surface area contributed by atoms with Crippen molar-refractivity contribution >= 4 is 69.5 Å². The Morgan fingerprint density at radius 1 is 1.09 bits per heavy atom. The van der Waals surface area contributed by atoms with Crippen LogP contribution in [0.5, 0.6) is 5.75 Å². The number of thiophene rings is 1. The minimum atomic E-state index is -4.38. The van der Waals surface area contributed by atoms with E-state index in [-0.39, 0.29) is 44.3 Å². The number of pyridine rings is 1. The van der Waals surface area contributed by atoms with E-state index in [1.807, 2.05) is 0 Å². The van der Waals surface area contributed by atoms with Gasteiger partial charge in [-0.05, 0) is 29.1 Å². The summed E-state index contributed by atoms with van der Waals surface area (Å²) in [5.74, 6) is -1.04. The molecule has 0 aliphatic heterocycles. The van der Waals surface area contributed by atoms with Crippen LogP contribution >= 0.6 is 46.1 Å². The first-order chi connectivity index (χ1) is 16.5. The second-order valence-corrected chi connectivity index (χ2v) is 9.05. The van der Waals surface area contributed by atoms with Crippen LogP contribution in [-0.4, -0.2) is 36.6 Å². The number of benzene rings is 1. The van der Waals surface area contributed by atoms with Gasteiger partial charge in [0.1, 0.15) is 16.4 Å². The lowest BCUT2D eigenvalue weighted by molar-refractivity contribution is -0.125. The van der Waals surface area contributed by atoms with E-state index in [2.05, 4.69) is 20.9 Å². The second-order valence-electron chi connectivity index (χ2n) is 6.92. The van der Waals surface area contributed by atoms with E-state index in [4.69, 9.17) is 39.5 Å². The molecule has 14 heteroatoms. The molecule has 0 aliphatic carbocycles. The third kappa shape index (κ3) is 7.21. The van der Waals surface area contributed by atoms with Gasteiger partial charge in [0.25, 0.3) is 11.8 Å². The van der Waals surface area contributed by atoms with Crippen LogP contribution < -0.4 is 20.7 Å². The number of aromatic nitrogens is 1. The van der Waals surface area contributed by atoms with Crippen molar-refractivity contribution in [2.75, 3.05) is 24.3 Å². The SMILES string of the molecule is COc1cc(Cl)cc(C(=O)Nc2ccc(Cl)cn2)c1NC(=O)c1scc(CNCC(F)(F)F)c1Cl. The van der Waals surface area contributed by atoms with Crippen LogP contribution in [0.2, 0.25) is 15.1 Å². The van der Waals surface area contributed by atoms with Gasteiger partial charge in [-0.25, -0.2) is 4.98 Å². The molecule has 0 atom stereocenters. The second kappa shape index (κ2) is 11.4. The minimum Gasteiger partial charge on any atom is -0.494 e. The van der Waals surface area contributed by atoms with Crippen LogP contribution in [0.15, 0.2) is 35.8 Å². The standard InChI is InChI=1S/C21H16Cl3F3N4O3S/c1-34-14-5-12(23)4-13(19(32)30-15-3-2-11(22)7-29-15)17(14)31-20(33)18-16(24)10(8-35-18)6-28-9-21(25,26)27/h2-5,7-8,28H,6,9H2,1H3,(H,31,33)(H,29,30,32). The summed E-state index contributed by atoms with van der Waals surface area (Å²) in [6.45, 7) is -1.39. The summed E-state index contributed by atoms with van der Waals surface area (Å²) in [6, 6.07) is 5.75. The molecule has 35 heavy (non-hydrogen) atoms. The lowest BCUT2D eigenvalue weighted by atomic mass is 10.1. The molecule has 0 fully saturated rings. The Balaban J connectivity index is 1.85. The Bertz CT molecular complexity index is 1240. The summed E-state index contributed by atoms with van der Waals surface area (Å²) in [5, 5.41) is 9.39. The highest BCUT2D eigenvalue weighted by Gasteiger charge is 2.27. The van der Waals surface area contributed by atoms with Gasteiger partial charge in [-0.1, -0.05) is 34.8 Å². The summed E-state index contributed by atoms with van der Waals surface area (Å²) in [5.41, 5.74) is 0.301. The minimum absolute atomic E-state index is 0.00790. The van der Waals surface area contributed by atoms with Crippen molar-refractivity contribution in [3.63, 3.8) is 0 Å².